The number of allylic oxidation sites excluding steroid dienone is 1. The highest BCUT2D eigenvalue weighted by atomic mass is 19.4. The first-order valence-electron chi connectivity index (χ1n) is 12.1. The molecule has 202 valence electrons. The topological polar surface area (TPSA) is 104 Å². The second-order valence-electron chi connectivity index (χ2n) is 8.38. The predicted octanol–water partition coefficient (Wildman–Crippen LogP) is 5.03. The normalized spacial score (nSPS) is 15.9. The Labute approximate surface area is 219 Å². The number of nitrogens with one attached hydrogen (secondary N) is 2. The summed E-state index contributed by atoms with van der Waals surface area (Å²) in [6.07, 6.45) is -4.75. The van der Waals surface area contributed by atoms with Gasteiger partial charge in [-0.2, -0.15) is 18.4 Å². The number of alkyl halides is 3. The number of amides is 3. The van der Waals surface area contributed by atoms with Crippen molar-refractivity contribution >= 4 is 17.6 Å². The van der Waals surface area contributed by atoms with Crippen LogP contribution >= 0.6 is 0 Å². The van der Waals surface area contributed by atoms with Crippen LogP contribution in [0.3, 0.4) is 0 Å². The molecule has 2 N–H and O–H groups in total. The van der Waals surface area contributed by atoms with E-state index < -0.39 is 36.0 Å². The second kappa shape index (κ2) is 12.6. The Balaban J connectivity index is 1.99. The van der Waals surface area contributed by atoms with Crippen LogP contribution in [0.2, 0.25) is 0 Å². The van der Waals surface area contributed by atoms with Gasteiger partial charge in [0.1, 0.15) is 0 Å². The van der Waals surface area contributed by atoms with Gasteiger partial charge in [-0.15, -0.1) is 0 Å². The third-order valence-electron chi connectivity index (χ3n) is 5.90. The first kappa shape index (κ1) is 28.7. The van der Waals surface area contributed by atoms with Gasteiger partial charge in [0.2, 0.25) is 0 Å². The third kappa shape index (κ3) is 6.70. The summed E-state index contributed by atoms with van der Waals surface area (Å²) in [5.41, 5.74) is 0.292. The van der Waals surface area contributed by atoms with Gasteiger partial charge >= 0.3 is 12.2 Å². The number of benzene rings is 2. The molecule has 0 aromatic heterocycles. The van der Waals surface area contributed by atoms with Crippen LogP contribution in [0.4, 0.5) is 23.7 Å². The van der Waals surface area contributed by atoms with E-state index in [0.29, 0.717) is 30.8 Å². The molecule has 1 heterocycles. The summed E-state index contributed by atoms with van der Waals surface area (Å²) in [6, 6.07) is 11.1. The van der Waals surface area contributed by atoms with Gasteiger partial charge in [-0.3, -0.25) is 9.69 Å². The van der Waals surface area contributed by atoms with E-state index in [1.165, 1.54) is 19.1 Å². The minimum Gasteiger partial charge on any atom is -0.353 e. The lowest BCUT2D eigenvalue weighted by Crippen LogP contribution is -2.49. The molecule has 2 aromatic rings. The minimum absolute atomic E-state index is 0.0360. The van der Waals surface area contributed by atoms with Gasteiger partial charge in [-0.1, -0.05) is 18.2 Å². The fourth-order valence-corrected chi connectivity index (χ4v) is 4.15. The SMILES string of the molecule is CCOC(CCNC(=O)C1=C(C)N(c2cccc(C(F)(F)F)c2)C(=O)N[C@@H]1c1ccc(C#N)cc1)OCC. The van der Waals surface area contributed by atoms with E-state index in [0.717, 1.165) is 17.0 Å². The summed E-state index contributed by atoms with van der Waals surface area (Å²) in [6.45, 7) is 6.22. The Kier molecular flexibility index (Phi) is 9.50. The first-order chi connectivity index (χ1) is 18.1. The van der Waals surface area contributed by atoms with Crippen LogP contribution in [0.1, 0.15) is 49.9 Å². The lowest BCUT2D eigenvalue weighted by atomic mass is 9.93. The number of rotatable bonds is 10. The molecule has 3 rings (SSSR count). The summed E-state index contributed by atoms with van der Waals surface area (Å²) in [5.74, 6) is -0.513. The van der Waals surface area contributed by atoms with Crippen LogP contribution in [0, 0.1) is 11.3 Å². The Morgan fingerprint density at radius 1 is 1.16 bits per heavy atom. The van der Waals surface area contributed by atoms with Crippen molar-refractivity contribution < 1.29 is 32.2 Å². The standard InChI is InChI=1S/C27H29F3N4O4/c1-4-37-22(38-5-2)13-14-32-25(35)23-17(3)34(21-8-6-7-20(15-21)27(28,29)30)26(36)33-24(23)19-11-9-18(16-31)10-12-19/h6-12,15,22,24H,4-5,13-14H2,1-3H3,(H,32,35)(H,33,36)/t24-/m1/s1. The first-order valence-corrected chi connectivity index (χ1v) is 12.1. The van der Waals surface area contributed by atoms with E-state index in [4.69, 9.17) is 14.7 Å². The van der Waals surface area contributed by atoms with E-state index >= 15 is 0 Å². The summed E-state index contributed by atoms with van der Waals surface area (Å²) in [4.78, 5) is 27.7. The van der Waals surface area contributed by atoms with Gasteiger partial charge in [0.25, 0.3) is 5.91 Å². The van der Waals surface area contributed by atoms with Crippen LogP contribution in [-0.4, -0.2) is 38.0 Å². The molecule has 0 fully saturated rings. The minimum atomic E-state index is -4.61. The smallest absolute Gasteiger partial charge is 0.353 e. The van der Waals surface area contributed by atoms with Crippen molar-refractivity contribution in [3.8, 4) is 6.07 Å². The number of carbonyl (C=O) groups excluding carboxylic acids is 2. The number of nitrogens with zero attached hydrogens (tertiary/aromatic N) is 2. The van der Waals surface area contributed by atoms with Crippen molar-refractivity contribution in [3.63, 3.8) is 0 Å². The zero-order chi connectivity index (χ0) is 27.9. The van der Waals surface area contributed by atoms with Gasteiger partial charge in [-0.25, -0.2) is 4.79 Å². The monoisotopic (exact) mass is 530 g/mol. The number of ether oxygens (including phenoxy) is 2. The molecule has 0 bridgehead atoms. The van der Waals surface area contributed by atoms with Crippen molar-refractivity contribution in [2.75, 3.05) is 24.7 Å². The Hall–Kier alpha value is -3.88. The van der Waals surface area contributed by atoms with Gasteiger partial charge < -0.3 is 20.1 Å². The molecule has 11 heteroatoms. The van der Waals surface area contributed by atoms with Crippen LogP contribution in [-0.2, 0) is 20.4 Å². The molecule has 0 aliphatic carbocycles. The number of nitriles is 1. The number of hydrogen-bond donors (Lipinski definition) is 2. The molecule has 0 unspecified atom stereocenters. The summed E-state index contributed by atoms with van der Waals surface area (Å²) < 4.78 is 51.1. The molecule has 38 heavy (non-hydrogen) atoms. The molecule has 2 aromatic carbocycles. The molecule has 3 amide bonds. The molecule has 1 aliphatic heterocycles. The van der Waals surface area contributed by atoms with E-state index in [-0.39, 0.29) is 23.5 Å². The van der Waals surface area contributed by atoms with E-state index in [2.05, 4.69) is 10.6 Å². The third-order valence-corrected chi connectivity index (χ3v) is 5.90. The van der Waals surface area contributed by atoms with Crippen molar-refractivity contribution in [1.29, 1.82) is 5.26 Å². The lowest BCUT2D eigenvalue weighted by molar-refractivity contribution is -0.139. The average Bonchev–Trinajstić information content (AvgIpc) is 2.88. The van der Waals surface area contributed by atoms with E-state index in [9.17, 15) is 22.8 Å². The summed E-state index contributed by atoms with van der Waals surface area (Å²) >= 11 is 0. The van der Waals surface area contributed by atoms with Crippen molar-refractivity contribution in [1.82, 2.24) is 10.6 Å². The maximum atomic E-state index is 13.5. The van der Waals surface area contributed by atoms with Crippen molar-refractivity contribution in [2.45, 2.75) is 45.7 Å². The van der Waals surface area contributed by atoms with E-state index in [1.54, 1.807) is 24.3 Å². The number of hydrogen-bond acceptors (Lipinski definition) is 5. The number of carbonyl (C=O) groups is 2. The second-order valence-corrected chi connectivity index (χ2v) is 8.38. The van der Waals surface area contributed by atoms with Crippen LogP contribution in [0.5, 0.6) is 0 Å². The zero-order valence-corrected chi connectivity index (χ0v) is 21.3. The highest BCUT2D eigenvalue weighted by Gasteiger charge is 2.37. The maximum absolute atomic E-state index is 13.5. The van der Waals surface area contributed by atoms with Crippen LogP contribution < -0.4 is 15.5 Å². The fourth-order valence-electron chi connectivity index (χ4n) is 4.15. The van der Waals surface area contributed by atoms with Crippen molar-refractivity contribution in [2.24, 2.45) is 0 Å². The highest BCUT2D eigenvalue weighted by molar-refractivity contribution is 6.04. The van der Waals surface area contributed by atoms with Gasteiger partial charge in [0.05, 0.1) is 34.5 Å². The Morgan fingerprint density at radius 3 is 2.39 bits per heavy atom. The molecule has 8 nitrogen and oxygen atoms in total. The number of anilines is 1. The largest absolute Gasteiger partial charge is 0.416 e. The Morgan fingerprint density at radius 2 is 1.82 bits per heavy atom. The van der Waals surface area contributed by atoms with Crippen LogP contribution in [0.15, 0.2) is 59.8 Å². The Bertz CT molecular complexity index is 1220. The summed E-state index contributed by atoms with van der Waals surface area (Å²) in [7, 11) is 0. The predicted molar refractivity (Wildman–Crippen MR) is 134 cm³/mol. The molecular formula is C27H29F3N4O4. The lowest BCUT2D eigenvalue weighted by Gasteiger charge is -2.36. The molecule has 1 aliphatic rings. The average molecular weight is 531 g/mol. The van der Waals surface area contributed by atoms with Crippen LogP contribution in [0.25, 0.3) is 0 Å². The molecule has 0 saturated heterocycles. The molecule has 0 spiro atoms. The fraction of sp³-hybridized carbons (Fsp3) is 0.370. The van der Waals surface area contributed by atoms with Gasteiger partial charge in [0.15, 0.2) is 6.29 Å². The van der Waals surface area contributed by atoms with E-state index in [1.807, 2.05) is 19.9 Å². The molecule has 1 atom stereocenters. The molecule has 0 radical (unpaired) electrons. The van der Waals surface area contributed by atoms with Gasteiger partial charge in [-0.05, 0) is 56.7 Å². The summed E-state index contributed by atoms with van der Waals surface area (Å²) in [5, 5.41) is 14.7. The zero-order valence-electron chi connectivity index (χ0n) is 21.3. The quantitative estimate of drug-likeness (QED) is 0.420. The maximum Gasteiger partial charge on any atom is 0.416 e. The number of halogens is 3. The highest BCUT2D eigenvalue weighted by Crippen LogP contribution is 2.36. The molecular weight excluding hydrogens is 501 g/mol. The molecule has 0 saturated carbocycles. The van der Waals surface area contributed by atoms with Crippen molar-refractivity contribution in [3.05, 3.63) is 76.5 Å². The van der Waals surface area contributed by atoms with Gasteiger partial charge in [0, 0.05) is 31.9 Å². The number of urea groups is 1.